The number of nitrogens with one attached hydrogen (secondary N) is 1. The van der Waals surface area contributed by atoms with Gasteiger partial charge in [-0.15, -0.1) is 0 Å². The second-order valence-corrected chi connectivity index (χ2v) is 5.85. The lowest BCUT2D eigenvalue weighted by molar-refractivity contribution is -0.142. The number of amides is 1. The molecule has 1 aromatic heterocycles. The average molecular weight is 375 g/mol. The molecule has 138 valence electrons. The first-order valence-corrected chi connectivity index (χ1v) is 9.13. The molecular weight excluding hydrogens is 354 g/mol. The minimum absolute atomic E-state index is 0.371. The quantitative estimate of drug-likeness (QED) is 0.534. The molecule has 1 N–H and O–H groups in total. The molecule has 2 aromatic rings. The first-order valence-electron chi connectivity index (χ1n) is 8.19. The minimum Gasteiger partial charge on any atom is -0.490 e. The highest BCUT2D eigenvalue weighted by Gasteiger charge is 2.10. The lowest BCUT2D eigenvalue weighted by atomic mass is 10.2. The zero-order valence-corrected chi connectivity index (χ0v) is 15.5. The number of esters is 1. The summed E-state index contributed by atoms with van der Waals surface area (Å²) in [4.78, 5) is 23.6. The summed E-state index contributed by atoms with van der Waals surface area (Å²) in [5.74, 6) is 0.141. The van der Waals surface area contributed by atoms with E-state index < -0.39 is 11.9 Å². The molecule has 26 heavy (non-hydrogen) atoms. The normalized spacial score (nSPS) is 10.5. The third-order valence-corrected chi connectivity index (χ3v) is 3.83. The molecule has 0 aliphatic rings. The highest BCUT2D eigenvalue weighted by molar-refractivity contribution is 7.08. The van der Waals surface area contributed by atoms with Crippen LogP contribution in [0.25, 0.3) is 6.08 Å². The lowest BCUT2D eigenvalue weighted by Crippen LogP contribution is -2.20. The maximum Gasteiger partial charge on any atom is 0.331 e. The SMILES string of the molecule is CCOc1ccc(NC(=O)COC(=O)/C=C/c2ccsc2)cc1OCC. The Hall–Kier alpha value is -2.80. The van der Waals surface area contributed by atoms with Crippen molar-refractivity contribution in [2.75, 3.05) is 25.1 Å². The molecule has 1 amide bonds. The van der Waals surface area contributed by atoms with Gasteiger partial charge in [-0.25, -0.2) is 4.79 Å². The van der Waals surface area contributed by atoms with E-state index in [-0.39, 0.29) is 6.61 Å². The van der Waals surface area contributed by atoms with Gasteiger partial charge in [0.1, 0.15) is 0 Å². The van der Waals surface area contributed by atoms with Gasteiger partial charge in [0.05, 0.1) is 13.2 Å². The molecule has 0 spiro atoms. The standard InChI is InChI=1S/C19H21NO5S/c1-3-23-16-7-6-15(11-17(16)24-4-2)20-18(21)12-25-19(22)8-5-14-9-10-26-13-14/h5-11,13H,3-4,12H2,1-2H3,(H,20,21)/b8-5+. The van der Waals surface area contributed by atoms with Crippen molar-refractivity contribution < 1.29 is 23.8 Å². The second kappa shape index (κ2) is 10.2. The lowest BCUT2D eigenvalue weighted by Gasteiger charge is -2.13. The van der Waals surface area contributed by atoms with Gasteiger partial charge >= 0.3 is 5.97 Å². The molecule has 0 saturated carbocycles. The Morgan fingerprint density at radius 1 is 1.12 bits per heavy atom. The van der Waals surface area contributed by atoms with Crippen LogP contribution in [0, 0.1) is 0 Å². The fourth-order valence-corrected chi connectivity index (χ4v) is 2.67. The molecule has 0 saturated heterocycles. The maximum absolute atomic E-state index is 11.9. The molecule has 0 aliphatic heterocycles. The van der Waals surface area contributed by atoms with Gasteiger partial charge in [-0.1, -0.05) is 0 Å². The summed E-state index contributed by atoms with van der Waals surface area (Å²) >= 11 is 1.53. The molecule has 0 fully saturated rings. The molecule has 7 heteroatoms. The van der Waals surface area contributed by atoms with Gasteiger partial charge in [0.2, 0.25) is 0 Å². The molecule has 0 aliphatic carbocycles. The number of carbonyl (C=O) groups is 2. The van der Waals surface area contributed by atoms with E-state index in [1.165, 1.54) is 17.4 Å². The first-order chi connectivity index (χ1) is 12.6. The predicted molar refractivity (Wildman–Crippen MR) is 102 cm³/mol. The van der Waals surface area contributed by atoms with Crippen molar-refractivity contribution in [2.45, 2.75) is 13.8 Å². The summed E-state index contributed by atoms with van der Waals surface area (Å²) in [6.45, 7) is 4.37. The van der Waals surface area contributed by atoms with Crippen LogP contribution in [-0.4, -0.2) is 31.7 Å². The van der Waals surface area contributed by atoms with Crippen molar-refractivity contribution in [3.8, 4) is 11.5 Å². The monoisotopic (exact) mass is 375 g/mol. The number of rotatable bonds is 9. The fourth-order valence-electron chi connectivity index (χ4n) is 2.04. The molecule has 0 radical (unpaired) electrons. The van der Waals surface area contributed by atoms with Gasteiger partial charge in [0.25, 0.3) is 5.91 Å². The molecule has 0 bridgehead atoms. The van der Waals surface area contributed by atoms with Gasteiger partial charge in [0, 0.05) is 17.8 Å². The van der Waals surface area contributed by atoms with Gasteiger partial charge in [-0.2, -0.15) is 11.3 Å². The number of hydrogen-bond acceptors (Lipinski definition) is 6. The van der Waals surface area contributed by atoms with Crippen LogP contribution in [0.4, 0.5) is 5.69 Å². The minimum atomic E-state index is -0.576. The Balaban J connectivity index is 1.86. The maximum atomic E-state index is 11.9. The van der Waals surface area contributed by atoms with E-state index in [0.29, 0.717) is 30.4 Å². The summed E-state index contributed by atoms with van der Waals surface area (Å²) in [5.41, 5.74) is 1.45. The Labute approximate surface area is 156 Å². The van der Waals surface area contributed by atoms with Crippen molar-refractivity contribution >= 4 is 35.0 Å². The van der Waals surface area contributed by atoms with Crippen LogP contribution in [-0.2, 0) is 14.3 Å². The Bertz CT molecular complexity index is 755. The number of benzene rings is 1. The molecule has 1 aromatic carbocycles. The second-order valence-electron chi connectivity index (χ2n) is 5.07. The largest absolute Gasteiger partial charge is 0.490 e. The van der Waals surface area contributed by atoms with Crippen molar-refractivity contribution in [3.05, 3.63) is 46.7 Å². The van der Waals surface area contributed by atoms with E-state index in [1.54, 1.807) is 24.3 Å². The summed E-state index contributed by atoms with van der Waals surface area (Å²) in [6, 6.07) is 6.97. The Morgan fingerprint density at radius 3 is 2.58 bits per heavy atom. The first kappa shape index (κ1) is 19.5. The van der Waals surface area contributed by atoms with Crippen molar-refractivity contribution in [2.24, 2.45) is 0 Å². The molecule has 2 rings (SSSR count). The third kappa shape index (κ3) is 6.25. The molecule has 0 atom stereocenters. The van der Waals surface area contributed by atoms with E-state index in [1.807, 2.05) is 30.7 Å². The number of thiophene rings is 1. The predicted octanol–water partition coefficient (Wildman–Crippen LogP) is 3.74. The van der Waals surface area contributed by atoms with Gasteiger partial charge < -0.3 is 19.5 Å². The van der Waals surface area contributed by atoms with Gasteiger partial charge in [0.15, 0.2) is 18.1 Å². The van der Waals surface area contributed by atoms with Crippen LogP contribution in [0.15, 0.2) is 41.1 Å². The number of hydrogen-bond donors (Lipinski definition) is 1. The number of anilines is 1. The zero-order chi connectivity index (χ0) is 18.8. The van der Waals surface area contributed by atoms with E-state index >= 15 is 0 Å². The topological polar surface area (TPSA) is 73.9 Å². The summed E-state index contributed by atoms with van der Waals surface area (Å²) in [5, 5.41) is 6.47. The zero-order valence-electron chi connectivity index (χ0n) is 14.7. The van der Waals surface area contributed by atoms with Crippen LogP contribution in [0.1, 0.15) is 19.4 Å². The molecular formula is C19H21NO5S. The highest BCUT2D eigenvalue weighted by atomic mass is 32.1. The van der Waals surface area contributed by atoms with Crippen LogP contribution < -0.4 is 14.8 Å². The smallest absolute Gasteiger partial charge is 0.331 e. The molecule has 6 nitrogen and oxygen atoms in total. The summed E-state index contributed by atoms with van der Waals surface area (Å²) in [7, 11) is 0. The van der Waals surface area contributed by atoms with Crippen LogP contribution in [0.2, 0.25) is 0 Å². The van der Waals surface area contributed by atoms with Gasteiger partial charge in [-0.05, 0) is 54.4 Å². The van der Waals surface area contributed by atoms with Crippen molar-refractivity contribution in [1.82, 2.24) is 0 Å². The van der Waals surface area contributed by atoms with E-state index in [0.717, 1.165) is 5.56 Å². The highest BCUT2D eigenvalue weighted by Crippen LogP contribution is 2.30. The average Bonchev–Trinajstić information content (AvgIpc) is 3.14. The number of carbonyl (C=O) groups excluding carboxylic acids is 2. The van der Waals surface area contributed by atoms with E-state index in [2.05, 4.69) is 5.32 Å². The summed E-state index contributed by atoms with van der Waals surface area (Å²) in [6.07, 6.45) is 2.93. The van der Waals surface area contributed by atoms with E-state index in [4.69, 9.17) is 14.2 Å². The Kier molecular flexibility index (Phi) is 7.70. The Morgan fingerprint density at radius 2 is 1.88 bits per heavy atom. The van der Waals surface area contributed by atoms with Crippen molar-refractivity contribution in [1.29, 1.82) is 0 Å². The molecule has 0 unspecified atom stereocenters. The van der Waals surface area contributed by atoms with Crippen molar-refractivity contribution in [3.63, 3.8) is 0 Å². The van der Waals surface area contributed by atoms with Crippen LogP contribution >= 0.6 is 11.3 Å². The third-order valence-electron chi connectivity index (χ3n) is 3.13. The fraction of sp³-hybridized carbons (Fsp3) is 0.263. The van der Waals surface area contributed by atoms with Crippen LogP contribution in [0.3, 0.4) is 0 Å². The summed E-state index contributed by atoms with van der Waals surface area (Å²) < 4.78 is 15.9. The number of ether oxygens (including phenoxy) is 3. The van der Waals surface area contributed by atoms with Gasteiger partial charge in [-0.3, -0.25) is 4.79 Å². The van der Waals surface area contributed by atoms with E-state index in [9.17, 15) is 9.59 Å². The van der Waals surface area contributed by atoms with Crippen LogP contribution in [0.5, 0.6) is 11.5 Å². The molecule has 1 heterocycles.